The lowest BCUT2D eigenvalue weighted by atomic mass is 9.74. The van der Waals surface area contributed by atoms with Crippen molar-refractivity contribution >= 4 is 17.5 Å². The highest BCUT2D eigenvalue weighted by Crippen LogP contribution is 2.40. The summed E-state index contributed by atoms with van der Waals surface area (Å²) in [6, 6.07) is 4.74. The summed E-state index contributed by atoms with van der Waals surface area (Å²) in [6.07, 6.45) is 3.60. The Kier molecular flexibility index (Phi) is 6.39. The first-order chi connectivity index (χ1) is 10.9. The molecular formula is C17H24ClFN2O2. The van der Waals surface area contributed by atoms with Crippen molar-refractivity contribution in [2.45, 2.75) is 44.1 Å². The Labute approximate surface area is 141 Å². The van der Waals surface area contributed by atoms with Crippen LogP contribution >= 0.6 is 11.6 Å². The van der Waals surface area contributed by atoms with E-state index in [0.29, 0.717) is 25.8 Å². The van der Waals surface area contributed by atoms with Gasteiger partial charge in [0.25, 0.3) is 0 Å². The van der Waals surface area contributed by atoms with Crippen LogP contribution in [0.4, 0.5) is 4.39 Å². The molecule has 0 saturated carbocycles. The third kappa shape index (κ3) is 4.43. The van der Waals surface area contributed by atoms with Gasteiger partial charge in [0.2, 0.25) is 5.91 Å². The summed E-state index contributed by atoms with van der Waals surface area (Å²) in [4.78, 5) is 10.9. The van der Waals surface area contributed by atoms with Crippen LogP contribution in [0.2, 0.25) is 5.02 Å². The second-order valence-electron chi connectivity index (χ2n) is 6.24. The summed E-state index contributed by atoms with van der Waals surface area (Å²) < 4.78 is 14.5. The monoisotopic (exact) mass is 342 g/mol. The van der Waals surface area contributed by atoms with Crippen LogP contribution in [0.3, 0.4) is 0 Å². The van der Waals surface area contributed by atoms with Gasteiger partial charge >= 0.3 is 0 Å². The summed E-state index contributed by atoms with van der Waals surface area (Å²) in [5.74, 6) is -1.00. The van der Waals surface area contributed by atoms with Gasteiger partial charge in [-0.05, 0) is 44.7 Å². The smallest absolute Gasteiger partial charge is 0.217 e. The number of carbonyl (C=O) groups excluding carboxylic acids is 1. The lowest BCUT2D eigenvalue weighted by molar-refractivity contribution is -0.118. The molecule has 1 aromatic carbocycles. The minimum absolute atomic E-state index is 0.0156. The zero-order valence-corrected chi connectivity index (χ0v) is 13.9. The summed E-state index contributed by atoms with van der Waals surface area (Å²) in [5, 5.41) is 14.6. The van der Waals surface area contributed by atoms with Crippen LogP contribution < -0.4 is 11.1 Å². The van der Waals surface area contributed by atoms with Gasteiger partial charge in [0.05, 0.1) is 10.6 Å². The lowest BCUT2D eigenvalue weighted by Gasteiger charge is -2.39. The molecule has 1 heterocycles. The first-order valence-electron chi connectivity index (χ1n) is 8.11. The highest BCUT2D eigenvalue weighted by atomic mass is 35.5. The number of unbranched alkanes of at least 4 members (excludes halogenated alkanes) is 1. The molecule has 2 atom stereocenters. The molecule has 1 aromatic rings. The highest BCUT2D eigenvalue weighted by Gasteiger charge is 2.40. The van der Waals surface area contributed by atoms with Gasteiger partial charge in [0.1, 0.15) is 5.82 Å². The molecule has 0 aromatic heterocycles. The molecule has 0 radical (unpaired) electrons. The zero-order chi connectivity index (χ0) is 16.9. The number of halogens is 2. The van der Waals surface area contributed by atoms with Gasteiger partial charge in [-0.1, -0.05) is 23.7 Å². The number of piperidine rings is 1. The van der Waals surface area contributed by atoms with Crippen molar-refractivity contribution < 1.29 is 14.3 Å². The van der Waals surface area contributed by atoms with E-state index in [4.69, 9.17) is 17.3 Å². The second kappa shape index (κ2) is 8.08. The van der Waals surface area contributed by atoms with Crippen LogP contribution in [0.5, 0.6) is 0 Å². The van der Waals surface area contributed by atoms with Crippen LogP contribution in [0, 0.1) is 11.7 Å². The number of primary amides is 1. The number of hydrogen-bond acceptors (Lipinski definition) is 3. The molecule has 1 fully saturated rings. The van der Waals surface area contributed by atoms with Crippen molar-refractivity contribution in [3.63, 3.8) is 0 Å². The summed E-state index contributed by atoms with van der Waals surface area (Å²) in [5.41, 5.74) is 4.11. The van der Waals surface area contributed by atoms with E-state index in [1.807, 2.05) is 0 Å². The number of aliphatic hydroxyl groups is 1. The molecule has 1 saturated heterocycles. The third-order valence-corrected chi connectivity index (χ3v) is 4.91. The van der Waals surface area contributed by atoms with Crippen molar-refractivity contribution in [2.24, 2.45) is 11.7 Å². The standard InChI is InChI=1S/C17H24ClFN2O2/c18-14-7-3-6-13(16(14)19)17(23,9-2-1-8-15(20)22)12-5-4-10-21-11-12/h3,6-7,12,21,23H,1-2,4-5,8-11H2,(H2,20,22)/t12-,17+/m1/s1. The predicted octanol–water partition coefficient (Wildman–Crippen LogP) is 2.71. The lowest BCUT2D eigenvalue weighted by Crippen LogP contribution is -2.44. The number of nitrogens with one attached hydrogen (secondary N) is 1. The van der Waals surface area contributed by atoms with Crippen molar-refractivity contribution in [3.8, 4) is 0 Å². The fourth-order valence-electron chi connectivity index (χ4n) is 3.35. The minimum atomic E-state index is -1.29. The summed E-state index contributed by atoms with van der Waals surface area (Å²) in [6.45, 7) is 1.55. The van der Waals surface area contributed by atoms with E-state index in [-0.39, 0.29) is 28.8 Å². The summed E-state index contributed by atoms with van der Waals surface area (Å²) >= 11 is 5.90. The zero-order valence-electron chi connectivity index (χ0n) is 13.2. The number of nitrogens with two attached hydrogens (primary N) is 1. The Morgan fingerprint density at radius 3 is 2.91 bits per heavy atom. The number of hydrogen-bond donors (Lipinski definition) is 3. The molecule has 23 heavy (non-hydrogen) atoms. The topological polar surface area (TPSA) is 75.4 Å². The molecule has 0 bridgehead atoms. The number of amides is 1. The van der Waals surface area contributed by atoms with E-state index in [1.54, 1.807) is 12.1 Å². The molecule has 0 aliphatic carbocycles. The minimum Gasteiger partial charge on any atom is -0.385 e. The van der Waals surface area contributed by atoms with Crippen LogP contribution in [0.15, 0.2) is 18.2 Å². The van der Waals surface area contributed by atoms with Crippen LogP contribution in [-0.4, -0.2) is 24.1 Å². The van der Waals surface area contributed by atoms with Gasteiger partial charge in [0.15, 0.2) is 0 Å². The van der Waals surface area contributed by atoms with E-state index in [1.165, 1.54) is 6.07 Å². The third-order valence-electron chi connectivity index (χ3n) is 4.62. The van der Waals surface area contributed by atoms with E-state index >= 15 is 0 Å². The molecule has 4 nitrogen and oxygen atoms in total. The van der Waals surface area contributed by atoms with Crippen molar-refractivity contribution in [1.82, 2.24) is 5.32 Å². The van der Waals surface area contributed by atoms with E-state index in [9.17, 15) is 14.3 Å². The van der Waals surface area contributed by atoms with Crippen molar-refractivity contribution in [2.75, 3.05) is 13.1 Å². The first kappa shape index (κ1) is 18.2. The Morgan fingerprint density at radius 1 is 1.48 bits per heavy atom. The molecule has 128 valence electrons. The van der Waals surface area contributed by atoms with Gasteiger partial charge in [-0.3, -0.25) is 4.79 Å². The Morgan fingerprint density at radius 2 is 2.26 bits per heavy atom. The molecule has 1 aliphatic rings. The van der Waals surface area contributed by atoms with Crippen molar-refractivity contribution in [1.29, 1.82) is 0 Å². The highest BCUT2D eigenvalue weighted by molar-refractivity contribution is 6.30. The maximum Gasteiger partial charge on any atom is 0.217 e. The van der Waals surface area contributed by atoms with Crippen LogP contribution in [-0.2, 0) is 10.4 Å². The Bertz CT molecular complexity index is 549. The van der Waals surface area contributed by atoms with Gasteiger partial charge < -0.3 is 16.2 Å². The van der Waals surface area contributed by atoms with Gasteiger partial charge in [-0.2, -0.15) is 0 Å². The molecule has 0 spiro atoms. The normalized spacial score (nSPS) is 20.9. The molecule has 6 heteroatoms. The SMILES string of the molecule is NC(=O)CCCC[C@@](O)(c1cccc(Cl)c1F)[C@@H]1CCCNC1. The maximum atomic E-state index is 14.5. The molecule has 1 aliphatic heterocycles. The van der Waals surface area contributed by atoms with Gasteiger partial charge in [-0.15, -0.1) is 0 Å². The maximum absolute atomic E-state index is 14.5. The van der Waals surface area contributed by atoms with E-state index < -0.39 is 11.4 Å². The number of carbonyl (C=O) groups is 1. The molecule has 2 rings (SSSR count). The first-order valence-corrected chi connectivity index (χ1v) is 8.49. The average molecular weight is 343 g/mol. The second-order valence-corrected chi connectivity index (χ2v) is 6.65. The molecule has 1 amide bonds. The predicted molar refractivity (Wildman–Crippen MR) is 88.6 cm³/mol. The molecule has 4 N–H and O–H groups in total. The van der Waals surface area contributed by atoms with Gasteiger partial charge in [0, 0.05) is 24.4 Å². The van der Waals surface area contributed by atoms with Crippen molar-refractivity contribution in [3.05, 3.63) is 34.6 Å². The van der Waals surface area contributed by atoms with E-state index in [2.05, 4.69) is 5.32 Å². The van der Waals surface area contributed by atoms with Crippen LogP contribution in [0.1, 0.15) is 44.1 Å². The molecular weight excluding hydrogens is 319 g/mol. The largest absolute Gasteiger partial charge is 0.385 e. The number of benzene rings is 1. The van der Waals surface area contributed by atoms with E-state index in [0.717, 1.165) is 19.4 Å². The fourth-order valence-corrected chi connectivity index (χ4v) is 3.52. The van der Waals surface area contributed by atoms with Crippen LogP contribution in [0.25, 0.3) is 0 Å². The van der Waals surface area contributed by atoms with Gasteiger partial charge in [-0.25, -0.2) is 4.39 Å². The Balaban J connectivity index is 2.22. The molecule has 0 unspecified atom stereocenters. The average Bonchev–Trinajstić information content (AvgIpc) is 2.54. The Hall–Kier alpha value is -1.17. The fraction of sp³-hybridized carbons (Fsp3) is 0.588. The number of rotatable bonds is 7. The summed E-state index contributed by atoms with van der Waals surface area (Å²) in [7, 11) is 0. The quantitative estimate of drug-likeness (QED) is 0.667.